The summed E-state index contributed by atoms with van der Waals surface area (Å²) >= 11 is 0. The standard InChI is InChI=1S/CH8N3O10P3/c2-1(3)4-12-16(8,9)14-17(10,11)13-15(5,6)7/h(H,8,9)(H,10,11)(H4,2,3,4)(H2,5,6,7). The summed E-state index contributed by atoms with van der Waals surface area (Å²) in [6, 6.07) is 0. The fourth-order valence-corrected chi connectivity index (χ4v) is 3.26. The molecule has 0 aromatic carbocycles. The summed E-state index contributed by atoms with van der Waals surface area (Å²) in [5, 5.41) is 6.52. The van der Waals surface area contributed by atoms with Crippen molar-refractivity contribution in [2.75, 3.05) is 0 Å². The molecule has 0 amide bonds. The highest BCUT2D eigenvalue weighted by Gasteiger charge is 2.41. The predicted molar refractivity (Wildman–Crippen MR) is 50.0 cm³/mol. The molecule has 0 saturated carbocycles. The average molecular weight is 315 g/mol. The van der Waals surface area contributed by atoms with E-state index >= 15 is 0 Å². The van der Waals surface area contributed by atoms with Crippen LogP contribution in [0.3, 0.4) is 0 Å². The van der Waals surface area contributed by atoms with Gasteiger partial charge in [-0.3, -0.25) is 5.41 Å². The Morgan fingerprint density at radius 3 is 1.88 bits per heavy atom. The first-order valence-corrected chi connectivity index (χ1v) is 7.77. The van der Waals surface area contributed by atoms with Gasteiger partial charge in [-0.05, 0) is 0 Å². The summed E-state index contributed by atoms with van der Waals surface area (Å²) in [5.41, 5.74) is 5.95. The first kappa shape index (κ1) is 16.7. The van der Waals surface area contributed by atoms with Gasteiger partial charge in [-0.15, -0.1) is 0 Å². The highest BCUT2D eigenvalue weighted by atomic mass is 31.3. The van der Waals surface area contributed by atoms with Crippen LogP contribution in [-0.4, -0.2) is 25.5 Å². The third-order valence-electron chi connectivity index (χ3n) is 0.687. The zero-order valence-electron chi connectivity index (χ0n) is 7.66. The van der Waals surface area contributed by atoms with Gasteiger partial charge in [-0.1, -0.05) is 0 Å². The molecule has 0 radical (unpaired) electrons. The molecule has 0 aromatic heterocycles. The molecule has 0 aliphatic carbocycles. The van der Waals surface area contributed by atoms with Crippen LogP contribution in [0, 0.1) is 5.41 Å². The lowest BCUT2D eigenvalue weighted by Gasteiger charge is -2.15. The summed E-state index contributed by atoms with van der Waals surface area (Å²) in [4.78, 5) is 33.7. The van der Waals surface area contributed by atoms with E-state index < -0.39 is 29.4 Å². The number of hydrogen-bond acceptors (Lipinski definition) is 7. The summed E-state index contributed by atoms with van der Waals surface area (Å²) in [5.74, 6) is -0.938. The summed E-state index contributed by atoms with van der Waals surface area (Å²) in [6.07, 6.45) is 0. The van der Waals surface area contributed by atoms with Crippen molar-refractivity contribution < 1.29 is 46.5 Å². The molecular weight excluding hydrogens is 307 g/mol. The van der Waals surface area contributed by atoms with E-state index in [0.29, 0.717) is 0 Å². The molecular formula is CH8N3O10P3. The zero-order valence-corrected chi connectivity index (χ0v) is 10.3. The lowest BCUT2D eigenvalue weighted by atomic mass is 11.1. The van der Waals surface area contributed by atoms with Crippen LogP contribution < -0.4 is 11.2 Å². The molecule has 16 heteroatoms. The van der Waals surface area contributed by atoms with E-state index in [-0.39, 0.29) is 0 Å². The van der Waals surface area contributed by atoms with E-state index in [1.807, 2.05) is 0 Å². The highest BCUT2D eigenvalue weighted by molar-refractivity contribution is 7.66. The minimum atomic E-state index is -5.55. The lowest BCUT2D eigenvalue weighted by molar-refractivity contribution is 0.148. The van der Waals surface area contributed by atoms with E-state index in [1.54, 1.807) is 0 Å². The smallest absolute Gasteiger partial charge is 0.368 e. The first-order valence-electron chi connectivity index (χ1n) is 3.25. The number of rotatable bonds is 6. The highest BCUT2D eigenvalue weighted by Crippen LogP contribution is 2.65. The number of hydrogen-bond donors (Lipinski definition) is 7. The minimum absolute atomic E-state index is 0.938. The van der Waals surface area contributed by atoms with Crippen LogP contribution in [0.1, 0.15) is 0 Å². The third kappa shape index (κ3) is 9.39. The first-order chi connectivity index (χ1) is 7.33. The zero-order chi connectivity index (χ0) is 13.9. The van der Waals surface area contributed by atoms with Gasteiger partial charge < -0.3 is 25.3 Å². The molecule has 2 atom stereocenters. The Morgan fingerprint density at radius 2 is 1.53 bits per heavy atom. The van der Waals surface area contributed by atoms with Crippen LogP contribution in [0.2, 0.25) is 0 Å². The number of guanidine groups is 1. The Bertz CT molecular complexity index is 425. The molecule has 8 N–H and O–H groups in total. The van der Waals surface area contributed by atoms with Gasteiger partial charge in [0.05, 0.1) is 0 Å². The van der Waals surface area contributed by atoms with Crippen molar-refractivity contribution in [3.63, 3.8) is 0 Å². The van der Waals surface area contributed by atoms with Crippen LogP contribution in [0.15, 0.2) is 0 Å². The topological polar surface area (TPSA) is 222 Å². The lowest BCUT2D eigenvalue weighted by Crippen LogP contribution is -2.29. The Hall–Kier alpha value is -0.320. The second-order valence-corrected chi connectivity index (χ2v) is 6.54. The van der Waals surface area contributed by atoms with Crippen LogP contribution in [0.25, 0.3) is 0 Å². The molecule has 2 unspecified atom stereocenters. The second kappa shape index (κ2) is 5.55. The van der Waals surface area contributed by atoms with Crippen LogP contribution >= 0.6 is 23.5 Å². The van der Waals surface area contributed by atoms with E-state index in [4.69, 9.17) is 25.0 Å². The van der Waals surface area contributed by atoms with E-state index in [1.165, 1.54) is 5.48 Å². The molecule has 0 fully saturated rings. The van der Waals surface area contributed by atoms with Crippen molar-refractivity contribution in [2.24, 2.45) is 5.73 Å². The van der Waals surface area contributed by atoms with Gasteiger partial charge in [-0.2, -0.15) is 13.2 Å². The predicted octanol–water partition coefficient (Wildman–Crippen LogP) is -1.27. The van der Waals surface area contributed by atoms with Gasteiger partial charge >= 0.3 is 23.5 Å². The molecule has 13 nitrogen and oxygen atoms in total. The normalized spacial score (nSPS) is 19.1. The SMILES string of the molecule is N=C(N)NOP(=O)(O)OP(=O)(O)OP(=O)(O)O. The molecule has 0 bridgehead atoms. The molecule has 0 aliphatic heterocycles. The van der Waals surface area contributed by atoms with E-state index in [9.17, 15) is 13.7 Å². The van der Waals surface area contributed by atoms with E-state index in [2.05, 4.69) is 19.0 Å². The van der Waals surface area contributed by atoms with Gasteiger partial charge in [0.2, 0.25) is 5.96 Å². The Kier molecular flexibility index (Phi) is 5.44. The molecule has 102 valence electrons. The fourth-order valence-electron chi connectivity index (χ4n) is 0.403. The van der Waals surface area contributed by atoms with Gasteiger partial charge in [0.25, 0.3) is 0 Å². The Morgan fingerprint density at radius 1 is 1.06 bits per heavy atom. The summed E-state index contributed by atoms with van der Waals surface area (Å²) in [6.45, 7) is 0. The summed E-state index contributed by atoms with van der Waals surface area (Å²) < 4.78 is 42.1. The maximum absolute atomic E-state index is 10.9. The second-order valence-electron chi connectivity index (χ2n) is 2.20. The maximum atomic E-state index is 10.9. The van der Waals surface area contributed by atoms with Crippen molar-refractivity contribution in [1.82, 2.24) is 5.48 Å². The van der Waals surface area contributed by atoms with Gasteiger partial charge in [-0.25, -0.2) is 19.2 Å². The molecule has 0 aromatic rings. The van der Waals surface area contributed by atoms with Gasteiger partial charge in [0.1, 0.15) is 0 Å². The van der Waals surface area contributed by atoms with Crippen molar-refractivity contribution in [3.8, 4) is 0 Å². The molecule has 17 heavy (non-hydrogen) atoms. The molecule has 0 heterocycles. The Balaban J connectivity index is 4.60. The molecule has 0 saturated heterocycles. The number of hydroxylamine groups is 1. The minimum Gasteiger partial charge on any atom is -0.368 e. The number of nitrogens with one attached hydrogen (secondary N) is 2. The van der Waals surface area contributed by atoms with Crippen LogP contribution in [-0.2, 0) is 26.9 Å². The van der Waals surface area contributed by atoms with Crippen LogP contribution in [0.5, 0.6) is 0 Å². The quantitative estimate of drug-likeness (QED) is 0.132. The largest absolute Gasteiger partial charge is 0.502 e. The number of phosphoric acid groups is 3. The maximum Gasteiger partial charge on any atom is 0.502 e. The van der Waals surface area contributed by atoms with Crippen molar-refractivity contribution in [3.05, 3.63) is 0 Å². The molecule has 0 rings (SSSR count). The monoisotopic (exact) mass is 315 g/mol. The summed E-state index contributed by atoms with van der Waals surface area (Å²) in [7, 11) is -16.2. The van der Waals surface area contributed by atoms with Crippen molar-refractivity contribution >= 4 is 29.4 Å². The molecule has 0 aliphatic rings. The third-order valence-corrected chi connectivity index (χ3v) is 4.34. The van der Waals surface area contributed by atoms with Gasteiger partial charge in [0.15, 0.2) is 0 Å². The van der Waals surface area contributed by atoms with E-state index in [0.717, 1.165) is 0 Å². The van der Waals surface area contributed by atoms with Crippen LogP contribution in [0.4, 0.5) is 0 Å². The van der Waals surface area contributed by atoms with Crippen molar-refractivity contribution in [2.45, 2.75) is 0 Å². The Labute approximate surface area is 93.4 Å². The van der Waals surface area contributed by atoms with Crippen molar-refractivity contribution in [1.29, 1.82) is 5.41 Å². The fraction of sp³-hybridized carbons (Fsp3) is 0. The molecule has 0 spiro atoms. The number of nitrogens with two attached hydrogens (primary N) is 1. The average Bonchev–Trinajstić information content (AvgIpc) is 1.93. The van der Waals surface area contributed by atoms with Gasteiger partial charge in [0, 0.05) is 0 Å².